The molecule has 0 atom stereocenters. The largest absolute Gasteiger partial charge is 1.00 e. The molecule has 0 aliphatic heterocycles. The van der Waals surface area contributed by atoms with Gasteiger partial charge in [-0.2, -0.15) is 0 Å². The minimum atomic E-state index is -4.18. The van der Waals surface area contributed by atoms with E-state index < -0.39 is 15.9 Å². The summed E-state index contributed by atoms with van der Waals surface area (Å²) in [6, 6.07) is 13.7. The molecule has 2 rings (SSSR count). The molecular formula is C13H12KNO3S. The van der Waals surface area contributed by atoms with Crippen LogP contribution in [0.1, 0.15) is 5.56 Å². The van der Waals surface area contributed by atoms with Crippen LogP contribution in [0.2, 0.25) is 0 Å². The Kier molecular flexibility index (Phi) is 6.82. The zero-order chi connectivity index (χ0) is 13.0. The first kappa shape index (κ1) is 17.0. The molecule has 6 heteroatoms. The fourth-order valence-electron chi connectivity index (χ4n) is 1.69. The van der Waals surface area contributed by atoms with Crippen LogP contribution in [-0.4, -0.2) is 31.5 Å². The van der Waals surface area contributed by atoms with Gasteiger partial charge in [0.1, 0.15) is 0 Å². The minimum Gasteiger partial charge on any atom is -0.748 e. The minimum absolute atomic E-state index is 0. The van der Waals surface area contributed by atoms with E-state index in [0.29, 0.717) is 0 Å². The van der Waals surface area contributed by atoms with E-state index in [1.165, 1.54) is 0 Å². The number of hydrogen-bond acceptors (Lipinski definition) is 4. The second kappa shape index (κ2) is 7.63. The second-order valence-electron chi connectivity index (χ2n) is 3.87. The van der Waals surface area contributed by atoms with Crippen molar-refractivity contribution in [3.63, 3.8) is 0 Å². The van der Waals surface area contributed by atoms with Crippen LogP contribution in [0.15, 0.2) is 47.5 Å². The van der Waals surface area contributed by atoms with Gasteiger partial charge in [0.05, 0.1) is 22.4 Å². The standard InChI is InChI=1S/C13H13NO3S.K/c15-18(16,17)9-8-14-10-12-6-3-5-11-4-1-2-7-13(11)12;/h1-7,10H,8-9H2,(H,15,16,17);/q;+1/p-1. The van der Waals surface area contributed by atoms with Crippen LogP contribution in [0.5, 0.6) is 0 Å². The molecule has 0 unspecified atom stereocenters. The third-order valence-electron chi connectivity index (χ3n) is 2.52. The fraction of sp³-hybridized carbons (Fsp3) is 0.154. The fourth-order valence-corrected chi connectivity index (χ4v) is 2.02. The zero-order valence-electron chi connectivity index (χ0n) is 10.6. The van der Waals surface area contributed by atoms with E-state index in [-0.39, 0.29) is 57.9 Å². The summed E-state index contributed by atoms with van der Waals surface area (Å²) in [6.45, 7) is -0.00491. The molecule has 19 heavy (non-hydrogen) atoms. The molecule has 0 N–H and O–H groups in total. The van der Waals surface area contributed by atoms with Crippen molar-refractivity contribution in [1.29, 1.82) is 0 Å². The van der Waals surface area contributed by atoms with Crippen molar-refractivity contribution in [2.24, 2.45) is 4.99 Å². The first-order valence-electron chi connectivity index (χ1n) is 5.47. The van der Waals surface area contributed by atoms with Crippen molar-refractivity contribution in [1.82, 2.24) is 0 Å². The van der Waals surface area contributed by atoms with Crippen LogP contribution in [0.4, 0.5) is 0 Å². The first-order chi connectivity index (χ1) is 8.56. The summed E-state index contributed by atoms with van der Waals surface area (Å²) in [7, 11) is -4.18. The van der Waals surface area contributed by atoms with Crippen molar-refractivity contribution in [2.45, 2.75) is 0 Å². The summed E-state index contributed by atoms with van der Waals surface area (Å²) in [6.07, 6.45) is 1.60. The Morgan fingerprint density at radius 2 is 1.79 bits per heavy atom. The molecule has 0 saturated heterocycles. The van der Waals surface area contributed by atoms with Crippen LogP contribution in [0, 0.1) is 0 Å². The van der Waals surface area contributed by atoms with Gasteiger partial charge in [-0.1, -0.05) is 42.5 Å². The summed E-state index contributed by atoms with van der Waals surface area (Å²) in [5.74, 6) is -0.464. The molecule has 0 saturated carbocycles. The predicted octanol–water partition coefficient (Wildman–Crippen LogP) is -1.19. The van der Waals surface area contributed by atoms with Crippen LogP contribution in [0.25, 0.3) is 10.8 Å². The molecule has 0 fully saturated rings. The number of rotatable bonds is 4. The number of hydrogen-bond donors (Lipinski definition) is 0. The molecule has 0 aliphatic carbocycles. The van der Waals surface area contributed by atoms with Gasteiger partial charge in [0, 0.05) is 11.8 Å². The van der Waals surface area contributed by atoms with Gasteiger partial charge in [0.25, 0.3) is 0 Å². The topological polar surface area (TPSA) is 69.6 Å². The smallest absolute Gasteiger partial charge is 0.748 e. The van der Waals surface area contributed by atoms with Gasteiger partial charge in [-0.3, -0.25) is 4.99 Å². The van der Waals surface area contributed by atoms with Crippen LogP contribution in [0.3, 0.4) is 0 Å². The monoisotopic (exact) mass is 301 g/mol. The summed E-state index contributed by atoms with van der Waals surface area (Å²) >= 11 is 0. The first-order valence-corrected chi connectivity index (χ1v) is 7.05. The van der Waals surface area contributed by atoms with Crippen LogP contribution >= 0.6 is 0 Å². The predicted molar refractivity (Wildman–Crippen MR) is 71.0 cm³/mol. The van der Waals surface area contributed by atoms with Crippen LogP contribution < -0.4 is 51.4 Å². The van der Waals surface area contributed by atoms with Gasteiger partial charge in [-0.15, -0.1) is 0 Å². The maximum atomic E-state index is 10.4. The quantitative estimate of drug-likeness (QED) is 0.405. The molecule has 94 valence electrons. The molecule has 0 aliphatic rings. The van der Waals surface area contributed by atoms with Crippen LogP contribution in [-0.2, 0) is 10.1 Å². The van der Waals surface area contributed by atoms with Gasteiger partial charge in [-0.25, -0.2) is 8.42 Å². The number of aliphatic imine (C=N–C) groups is 1. The van der Waals surface area contributed by atoms with Crippen molar-refractivity contribution in [3.05, 3.63) is 48.0 Å². The Labute approximate surface area is 155 Å². The molecule has 2 aromatic rings. The van der Waals surface area contributed by atoms with Crippen molar-refractivity contribution < 1.29 is 64.4 Å². The third kappa shape index (κ3) is 5.43. The molecule has 2 aromatic carbocycles. The van der Waals surface area contributed by atoms with Gasteiger partial charge in [-0.05, 0) is 10.8 Å². The Hall–Kier alpha value is -0.0836. The van der Waals surface area contributed by atoms with Gasteiger partial charge in [0.15, 0.2) is 0 Å². The van der Waals surface area contributed by atoms with E-state index in [1.54, 1.807) is 6.21 Å². The van der Waals surface area contributed by atoms with Gasteiger partial charge < -0.3 is 4.55 Å². The van der Waals surface area contributed by atoms with E-state index in [9.17, 15) is 13.0 Å². The van der Waals surface area contributed by atoms with E-state index in [1.807, 2.05) is 42.5 Å². The van der Waals surface area contributed by atoms with E-state index in [4.69, 9.17) is 0 Å². The average molecular weight is 301 g/mol. The summed E-state index contributed by atoms with van der Waals surface area (Å²) < 4.78 is 31.3. The number of benzene rings is 2. The normalized spacial score (nSPS) is 11.6. The molecule has 0 radical (unpaired) electrons. The number of nitrogens with zero attached hydrogens (tertiary/aromatic N) is 1. The average Bonchev–Trinajstić information content (AvgIpc) is 2.33. The molecule has 0 amide bonds. The van der Waals surface area contributed by atoms with Gasteiger partial charge in [0.2, 0.25) is 0 Å². The zero-order valence-corrected chi connectivity index (χ0v) is 14.6. The SMILES string of the molecule is O=S(=O)([O-])CCN=Cc1cccc2ccccc12.[K+]. The Balaban J connectivity index is 0.00000180. The van der Waals surface area contributed by atoms with Crippen molar-refractivity contribution in [2.75, 3.05) is 12.3 Å². The number of fused-ring (bicyclic) bond motifs is 1. The second-order valence-corrected chi connectivity index (χ2v) is 5.39. The van der Waals surface area contributed by atoms with E-state index in [2.05, 4.69) is 4.99 Å². The van der Waals surface area contributed by atoms with Gasteiger partial charge >= 0.3 is 51.4 Å². The maximum Gasteiger partial charge on any atom is 1.00 e. The summed E-state index contributed by atoms with van der Waals surface area (Å²) in [5.41, 5.74) is 0.913. The summed E-state index contributed by atoms with van der Waals surface area (Å²) in [5, 5.41) is 2.15. The third-order valence-corrected chi connectivity index (χ3v) is 3.21. The Bertz CT molecular complexity index is 678. The van der Waals surface area contributed by atoms with Crippen molar-refractivity contribution in [3.8, 4) is 0 Å². The van der Waals surface area contributed by atoms with E-state index in [0.717, 1.165) is 16.3 Å². The molecule has 4 nitrogen and oxygen atoms in total. The van der Waals surface area contributed by atoms with E-state index >= 15 is 0 Å². The summed E-state index contributed by atoms with van der Waals surface area (Å²) in [4.78, 5) is 3.97. The molecule has 0 bridgehead atoms. The Morgan fingerprint density at radius 1 is 1.11 bits per heavy atom. The molecule has 0 spiro atoms. The van der Waals surface area contributed by atoms with Crippen molar-refractivity contribution >= 4 is 27.1 Å². The molecule has 0 aromatic heterocycles. The molecule has 0 heterocycles. The Morgan fingerprint density at radius 3 is 2.53 bits per heavy atom. The maximum absolute atomic E-state index is 10.4. The molecular weight excluding hydrogens is 289 g/mol.